The standard InChI is InChI=1S/C14H18NO3S/c1-10-2-4-14(5-3-10)19(17,18)15-8-12-6-11(12)7-13(15)9-16/h2-5,9,11-13,16H,6-8H2,1H3/t11-,12+,13+/m1/s1. The van der Waals surface area contributed by atoms with Gasteiger partial charge in [-0.05, 0) is 43.7 Å². The van der Waals surface area contributed by atoms with E-state index < -0.39 is 10.0 Å². The topological polar surface area (TPSA) is 57.6 Å². The molecule has 1 saturated heterocycles. The van der Waals surface area contributed by atoms with Gasteiger partial charge in [0.25, 0.3) is 0 Å². The largest absolute Gasteiger partial charge is 0.389 e. The highest BCUT2D eigenvalue weighted by molar-refractivity contribution is 7.89. The molecular formula is C14H18NO3S. The third-order valence-electron chi connectivity index (χ3n) is 4.20. The van der Waals surface area contributed by atoms with Gasteiger partial charge < -0.3 is 5.11 Å². The summed E-state index contributed by atoms with van der Waals surface area (Å²) in [5.41, 5.74) is 1.03. The van der Waals surface area contributed by atoms with E-state index in [2.05, 4.69) is 0 Å². The smallest absolute Gasteiger partial charge is 0.243 e. The van der Waals surface area contributed by atoms with E-state index in [0.717, 1.165) is 25.0 Å². The molecule has 0 spiro atoms. The zero-order valence-electron chi connectivity index (χ0n) is 10.9. The quantitative estimate of drug-likeness (QED) is 0.920. The number of aliphatic hydroxyl groups is 1. The monoisotopic (exact) mass is 280 g/mol. The van der Waals surface area contributed by atoms with Crippen molar-refractivity contribution in [3.05, 3.63) is 36.4 Å². The number of sulfonamides is 1. The second-order valence-electron chi connectivity index (χ2n) is 5.60. The summed E-state index contributed by atoms with van der Waals surface area (Å²) in [6, 6.07) is 6.49. The predicted molar refractivity (Wildman–Crippen MR) is 71.3 cm³/mol. The highest BCUT2D eigenvalue weighted by Gasteiger charge is 2.49. The number of fused-ring (bicyclic) bond motifs is 1. The summed E-state index contributed by atoms with van der Waals surface area (Å²) >= 11 is 0. The third-order valence-corrected chi connectivity index (χ3v) is 6.10. The molecule has 1 aliphatic carbocycles. The van der Waals surface area contributed by atoms with E-state index >= 15 is 0 Å². The summed E-state index contributed by atoms with van der Waals surface area (Å²) in [6.45, 7) is 3.49. The van der Waals surface area contributed by atoms with Crippen LogP contribution < -0.4 is 0 Å². The molecule has 0 unspecified atom stereocenters. The van der Waals surface area contributed by atoms with Crippen LogP contribution in [0.15, 0.2) is 29.2 Å². The van der Waals surface area contributed by atoms with E-state index in [1.807, 2.05) is 6.92 Å². The highest BCUT2D eigenvalue weighted by atomic mass is 32.2. The van der Waals surface area contributed by atoms with Crippen LogP contribution in [0.2, 0.25) is 0 Å². The molecule has 1 aromatic carbocycles. The molecule has 0 amide bonds. The zero-order chi connectivity index (χ0) is 13.6. The number of nitrogens with zero attached hydrogens (tertiary/aromatic N) is 1. The molecule has 19 heavy (non-hydrogen) atoms. The van der Waals surface area contributed by atoms with Crippen molar-refractivity contribution in [1.82, 2.24) is 4.31 Å². The number of piperidine rings is 1. The molecule has 1 N–H and O–H groups in total. The summed E-state index contributed by atoms with van der Waals surface area (Å²) in [5.74, 6) is 1.08. The van der Waals surface area contributed by atoms with Crippen molar-refractivity contribution in [3.63, 3.8) is 0 Å². The number of benzene rings is 1. The molecule has 103 valence electrons. The van der Waals surface area contributed by atoms with Gasteiger partial charge in [0.2, 0.25) is 10.0 Å². The van der Waals surface area contributed by atoms with Crippen LogP contribution in [0.25, 0.3) is 0 Å². The highest BCUT2D eigenvalue weighted by Crippen LogP contribution is 2.48. The van der Waals surface area contributed by atoms with E-state index in [0.29, 0.717) is 23.3 Å². The van der Waals surface area contributed by atoms with Crippen molar-refractivity contribution in [2.75, 3.05) is 6.54 Å². The number of aryl methyl sites for hydroxylation is 1. The van der Waals surface area contributed by atoms with Crippen molar-refractivity contribution >= 4 is 10.0 Å². The molecule has 3 rings (SSSR count). The Kier molecular flexibility index (Phi) is 3.15. The van der Waals surface area contributed by atoms with Crippen molar-refractivity contribution < 1.29 is 13.5 Å². The van der Waals surface area contributed by atoms with Crippen LogP contribution in [0.1, 0.15) is 18.4 Å². The summed E-state index contributed by atoms with van der Waals surface area (Å²) in [6.07, 6.45) is 1.83. The Hall–Kier alpha value is -0.910. The maximum Gasteiger partial charge on any atom is 0.243 e. The second kappa shape index (κ2) is 4.58. The normalized spacial score (nSPS) is 30.9. The zero-order valence-corrected chi connectivity index (χ0v) is 11.7. The number of hydrogen-bond donors (Lipinski definition) is 1. The van der Waals surface area contributed by atoms with Gasteiger partial charge in [0.15, 0.2) is 0 Å². The fourth-order valence-corrected chi connectivity index (χ4v) is 4.51. The molecular weight excluding hydrogens is 262 g/mol. The fraction of sp³-hybridized carbons (Fsp3) is 0.500. The first-order chi connectivity index (χ1) is 9.02. The van der Waals surface area contributed by atoms with Crippen molar-refractivity contribution in [2.24, 2.45) is 11.8 Å². The van der Waals surface area contributed by atoms with Crippen LogP contribution in [0.4, 0.5) is 0 Å². The van der Waals surface area contributed by atoms with E-state index in [1.54, 1.807) is 24.3 Å². The average Bonchev–Trinajstić information content (AvgIpc) is 3.15. The van der Waals surface area contributed by atoms with Crippen molar-refractivity contribution in [1.29, 1.82) is 0 Å². The molecule has 4 nitrogen and oxygen atoms in total. The van der Waals surface area contributed by atoms with Crippen LogP contribution >= 0.6 is 0 Å². The van der Waals surface area contributed by atoms with Gasteiger partial charge in [-0.1, -0.05) is 17.7 Å². The molecule has 3 atom stereocenters. The van der Waals surface area contributed by atoms with Crippen LogP contribution in [-0.4, -0.2) is 30.4 Å². The van der Waals surface area contributed by atoms with Gasteiger partial charge in [-0.2, -0.15) is 4.31 Å². The minimum atomic E-state index is -3.50. The maximum atomic E-state index is 12.6. The SMILES string of the molecule is Cc1ccc(S(=O)(=O)N2C[C@@H]3C[C@@H]3C[C@H]2[CH]O)cc1. The van der Waals surface area contributed by atoms with Crippen LogP contribution in [-0.2, 0) is 10.0 Å². The van der Waals surface area contributed by atoms with Gasteiger partial charge in [-0.3, -0.25) is 0 Å². The molecule has 1 radical (unpaired) electrons. The molecule has 1 saturated carbocycles. The van der Waals surface area contributed by atoms with Gasteiger partial charge in [0, 0.05) is 6.54 Å². The Bertz CT molecular complexity index is 567. The summed E-state index contributed by atoms with van der Waals surface area (Å²) in [7, 11) is -3.50. The molecule has 0 bridgehead atoms. The Morgan fingerprint density at radius 2 is 1.89 bits per heavy atom. The van der Waals surface area contributed by atoms with Gasteiger partial charge >= 0.3 is 0 Å². The molecule has 2 fully saturated rings. The molecule has 0 aromatic heterocycles. The Labute approximate surface area is 114 Å². The summed E-state index contributed by atoms with van der Waals surface area (Å²) in [4.78, 5) is 0.309. The van der Waals surface area contributed by atoms with Gasteiger partial charge in [-0.25, -0.2) is 8.42 Å². The van der Waals surface area contributed by atoms with Crippen LogP contribution in [0, 0.1) is 25.4 Å². The average molecular weight is 280 g/mol. The Morgan fingerprint density at radius 3 is 2.53 bits per heavy atom. The lowest BCUT2D eigenvalue weighted by Crippen LogP contribution is -2.44. The minimum Gasteiger partial charge on any atom is -0.389 e. The lowest BCUT2D eigenvalue weighted by atomic mass is 10.1. The first kappa shape index (κ1) is 13.1. The predicted octanol–water partition coefficient (Wildman–Crippen LogP) is 1.93. The maximum absolute atomic E-state index is 12.6. The summed E-state index contributed by atoms with van der Waals surface area (Å²) < 4.78 is 26.7. The summed E-state index contributed by atoms with van der Waals surface area (Å²) in [5, 5.41) is 9.32. The van der Waals surface area contributed by atoms with E-state index in [4.69, 9.17) is 0 Å². The first-order valence-electron chi connectivity index (χ1n) is 6.58. The van der Waals surface area contributed by atoms with Gasteiger partial charge in [0.1, 0.15) is 0 Å². The minimum absolute atomic E-state index is 0.309. The Balaban J connectivity index is 1.92. The Morgan fingerprint density at radius 1 is 1.21 bits per heavy atom. The fourth-order valence-electron chi connectivity index (χ4n) is 2.87. The van der Waals surface area contributed by atoms with Crippen LogP contribution in [0.5, 0.6) is 0 Å². The second-order valence-corrected chi connectivity index (χ2v) is 7.49. The van der Waals surface area contributed by atoms with Crippen molar-refractivity contribution in [2.45, 2.75) is 30.7 Å². The van der Waals surface area contributed by atoms with E-state index in [9.17, 15) is 13.5 Å². The molecule has 1 heterocycles. The molecule has 1 aromatic rings. The molecule has 5 heteroatoms. The van der Waals surface area contributed by atoms with Crippen molar-refractivity contribution in [3.8, 4) is 0 Å². The third kappa shape index (κ3) is 2.30. The lowest BCUT2D eigenvalue weighted by Gasteiger charge is -2.32. The number of aliphatic hydroxyl groups excluding tert-OH is 1. The van der Waals surface area contributed by atoms with E-state index in [-0.39, 0.29) is 6.04 Å². The van der Waals surface area contributed by atoms with Crippen LogP contribution in [0.3, 0.4) is 0 Å². The number of hydrogen-bond acceptors (Lipinski definition) is 3. The van der Waals surface area contributed by atoms with Gasteiger partial charge in [0.05, 0.1) is 17.5 Å². The number of rotatable bonds is 3. The molecule has 2 aliphatic rings. The molecule has 1 aliphatic heterocycles. The van der Waals surface area contributed by atoms with E-state index in [1.165, 1.54) is 4.31 Å². The first-order valence-corrected chi connectivity index (χ1v) is 8.02. The van der Waals surface area contributed by atoms with Gasteiger partial charge in [-0.15, -0.1) is 0 Å². The lowest BCUT2D eigenvalue weighted by molar-refractivity contribution is 0.202.